The Morgan fingerprint density at radius 1 is 1.03 bits per heavy atom. The molecule has 0 aliphatic heterocycles. The number of benzene rings is 1. The predicted octanol–water partition coefficient (Wildman–Crippen LogP) is 3.20. The van der Waals surface area contributed by atoms with Crippen molar-refractivity contribution < 1.29 is 22.7 Å². The van der Waals surface area contributed by atoms with Crippen LogP contribution in [0.4, 0.5) is 0 Å². The number of amides is 1. The minimum atomic E-state index is -3.62. The Bertz CT molecular complexity index is 1190. The highest BCUT2D eigenvalue weighted by Gasteiger charge is 2.22. The second kappa shape index (κ2) is 9.35. The molecule has 0 spiro atoms. The summed E-state index contributed by atoms with van der Waals surface area (Å²) in [5.74, 6) is 1.25. The molecule has 0 saturated heterocycles. The summed E-state index contributed by atoms with van der Waals surface area (Å²) in [5, 5.41) is 0. The average Bonchev–Trinajstić information content (AvgIpc) is 3.61. The topological polar surface area (TPSA) is 107 Å². The summed E-state index contributed by atoms with van der Waals surface area (Å²) >= 11 is 0. The van der Waals surface area contributed by atoms with E-state index in [2.05, 4.69) is 9.97 Å². The lowest BCUT2D eigenvalue weighted by atomic mass is 10.1. The van der Waals surface area contributed by atoms with Gasteiger partial charge in [-0.05, 0) is 54.7 Å². The lowest BCUT2D eigenvalue weighted by molar-refractivity contribution is 0.0981. The fraction of sp³-hybridized carbons (Fsp3) is 0.261. The predicted molar refractivity (Wildman–Crippen MR) is 119 cm³/mol. The Balaban J connectivity index is 1.35. The molecule has 1 aromatic carbocycles. The number of pyridine rings is 2. The summed E-state index contributed by atoms with van der Waals surface area (Å²) in [5.41, 5.74) is 2.67. The van der Waals surface area contributed by atoms with Gasteiger partial charge in [-0.2, -0.15) is 0 Å². The molecule has 2 aromatic heterocycles. The van der Waals surface area contributed by atoms with E-state index in [1.807, 2.05) is 41.1 Å². The van der Waals surface area contributed by atoms with Crippen molar-refractivity contribution in [2.75, 3.05) is 12.9 Å². The zero-order valence-corrected chi connectivity index (χ0v) is 18.3. The molecule has 1 amide bonds. The van der Waals surface area contributed by atoms with Crippen molar-refractivity contribution in [2.45, 2.75) is 19.4 Å². The maximum atomic E-state index is 11.8. The van der Waals surface area contributed by atoms with E-state index in [0.29, 0.717) is 23.2 Å². The number of rotatable bonds is 9. The van der Waals surface area contributed by atoms with Crippen LogP contribution in [0.5, 0.6) is 11.6 Å². The fourth-order valence-corrected chi connectivity index (χ4v) is 3.37. The second-order valence-corrected chi connectivity index (χ2v) is 9.45. The molecule has 1 aliphatic rings. The lowest BCUT2D eigenvalue weighted by Gasteiger charge is -2.09. The van der Waals surface area contributed by atoms with Crippen LogP contribution in [0, 0.1) is 5.92 Å². The van der Waals surface area contributed by atoms with Gasteiger partial charge in [-0.15, -0.1) is 0 Å². The largest absolute Gasteiger partial charge is 0.487 e. The summed E-state index contributed by atoms with van der Waals surface area (Å²) in [7, 11) is -3.62. The van der Waals surface area contributed by atoms with Gasteiger partial charge in [-0.25, -0.2) is 18.1 Å². The molecule has 1 N–H and O–H groups in total. The molecule has 2 heterocycles. The zero-order chi connectivity index (χ0) is 22.6. The fourth-order valence-electron chi connectivity index (χ4n) is 2.92. The first-order chi connectivity index (χ1) is 15.4. The summed E-state index contributed by atoms with van der Waals surface area (Å²) in [6, 6.07) is 14.6. The van der Waals surface area contributed by atoms with Gasteiger partial charge in [-0.3, -0.25) is 9.78 Å². The van der Waals surface area contributed by atoms with Gasteiger partial charge in [0, 0.05) is 24.0 Å². The number of carbonyl (C=O) groups is 1. The number of hydrogen-bond donors (Lipinski definition) is 1. The summed E-state index contributed by atoms with van der Waals surface area (Å²) in [6.07, 6.45) is 6.49. The second-order valence-electron chi connectivity index (χ2n) is 7.70. The molecule has 8 nitrogen and oxygen atoms in total. The van der Waals surface area contributed by atoms with Crippen molar-refractivity contribution in [1.82, 2.24) is 14.7 Å². The third-order valence-electron chi connectivity index (χ3n) is 4.82. The summed E-state index contributed by atoms with van der Waals surface area (Å²) < 4.78 is 35.7. The maximum Gasteiger partial charge on any atom is 0.266 e. The maximum absolute atomic E-state index is 11.8. The van der Waals surface area contributed by atoms with Gasteiger partial charge in [0.05, 0.1) is 24.1 Å². The molecule has 9 heteroatoms. The number of nitrogens with zero attached hydrogens (tertiary/aromatic N) is 2. The first-order valence-corrected chi connectivity index (χ1v) is 12.0. The van der Waals surface area contributed by atoms with Gasteiger partial charge in [-0.1, -0.05) is 12.1 Å². The number of aromatic nitrogens is 2. The molecule has 1 aliphatic carbocycles. The number of ether oxygens (including phenoxy) is 2. The molecule has 166 valence electrons. The number of hydrogen-bond acceptors (Lipinski definition) is 7. The van der Waals surface area contributed by atoms with Gasteiger partial charge < -0.3 is 9.47 Å². The van der Waals surface area contributed by atoms with Crippen molar-refractivity contribution in [1.29, 1.82) is 0 Å². The van der Waals surface area contributed by atoms with Crippen LogP contribution < -0.4 is 14.2 Å². The molecule has 0 atom stereocenters. The van der Waals surface area contributed by atoms with E-state index in [0.717, 1.165) is 24.0 Å². The van der Waals surface area contributed by atoms with E-state index in [4.69, 9.17) is 9.47 Å². The molecule has 4 rings (SSSR count). The molecule has 0 unspecified atom stereocenters. The van der Waals surface area contributed by atoms with Crippen molar-refractivity contribution in [3.63, 3.8) is 0 Å². The van der Waals surface area contributed by atoms with Crippen LogP contribution in [0.1, 0.15) is 28.9 Å². The van der Waals surface area contributed by atoms with E-state index in [1.54, 1.807) is 12.3 Å². The van der Waals surface area contributed by atoms with E-state index in [1.165, 1.54) is 25.1 Å². The Morgan fingerprint density at radius 2 is 1.88 bits per heavy atom. The van der Waals surface area contributed by atoms with E-state index < -0.39 is 15.9 Å². The van der Waals surface area contributed by atoms with Gasteiger partial charge >= 0.3 is 0 Å². The molecule has 32 heavy (non-hydrogen) atoms. The third kappa shape index (κ3) is 6.27. The average molecular weight is 454 g/mol. The lowest BCUT2D eigenvalue weighted by Crippen LogP contribution is -2.29. The highest BCUT2D eigenvalue weighted by Crippen LogP contribution is 2.30. The molecule has 0 bridgehead atoms. The first-order valence-electron chi connectivity index (χ1n) is 10.1. The van der Waals surface area contributed by atoms with Crippen LogP contribution in [0.25, 0.3) is 11.1 Å². The van der Waals surface area contributed by atoms with Gasteiger partial charge in [0.25, 0.3) is 5.91 Å². The molecule has 0 radical (unpaired) electrons. The van der Waals surface area contributed by atoms with E-state index >= 15 is 0 Å². The van der Waals surface area contributed by atoms with E-state index in [-0.39, 0.29) is 12.2 Å². The van der Waals surface area contributed by atoms with Crippen molar-refractivity contribution in [2.24, 2.45) is 5.92 Å². The number of nitrogens with one attached hydrogen (secondary N) is 1. The molecular formula is C23H23N3O5S. The van der Waals surface area contributed by atoms with E-state index in [9.17, 15) is 13.2 Å². The van der Waals surface area contributed by atoms with Crippen LogP contribution in [0.15, 0.2) is 60.9 Å². The third-order valence-corrected chi connectivity index (χ3v) is 5.38. The number of sulfonamides is 1. The monoisotopic (exact) mass is 453 g/mol. The van der Waals surface area contributed by atoms with Gasteiger partial charge in [0.15, 0.2) is 0 Å². The summed E-state index contributed by atoms with van der Waals surface area (Å²) in [4.78, 5) is 20.4. The molecule has 3 aromatic rings. The van der Waals surface area contributed by atoms with Crippen LogP contribution >= 0.6 is 0 Å². The van der Waals surface area contributed by atoms with Crippen LogP contribution in [0.3, 0.4) is 0 Å². The quantitative estimate of drug-likeness (QED) is 0.530. The highest BCUT2D eigenvalue weighted by molar-refractivity contribution is 7.89. The first kappa shape index (κ1) is 21.8. The molecule has 1 fully saturated rings. The van der Waals surface area contributed by atoms with Gasteiger partial charge in [0.1, 0.15) is 12.4 Å². The van der Waals surface area contributed by atoms with Crippen LogP contribution in [-0.4, -0.2) is 37.2 Å². The Kier molecular flexibility index (Phi) is 6.36. The Hall–Kier alpha value is -3.46. The zero-order valence-electron chi connectivity index (χ0n) is 17.5. The SMILES string of the molecule is CS(=O)(=O)NC(=O)c1ccc(COc2cccc(-c3ccc(OCC4CC4)nc3)c2)nc1. The molecule has 1 saturated carbocycles. The number of carbonyl (C=O) groups excluding carboxylic acids is 1. The van der Waals surface area contributed by atoms with Crippen LogP contribution in [0.2, 0.25) is 0 Å². The van der Waals surface area contributed by atoms with Crippen molar-refractivity contribution in [3.8, 4) is 22.8 Å². The van der Waals surface area contributed by atoms with Crippen LogP contribution in [-0.2, 0) is 16.6 Å². The minimum Gasteiger partial charge on any atom is -0.487 e. The normalized spacial score (nSPS) is 13.4. The molecular weight excluding hydrogens is 430 g/mol. The summed E-state index contributed by atoms with van der Waals surface area (Å²) in [6.45, 7) is 0.927. The standard InChI is InChI=1S/C23H23N3O5S/c1-32(28,29)26-23(27)19-7-9-20(24-13-19)15-30-21-4-2-3-17(11-21)18-8-10-22(25-12-18)31-14-16-5-6-16/h2-4,7-13,16H,5-6,14-15H2,1H3,(H,26,27). The smallest absolute Gasteiger partial charge is 0.266 e. The van der Waals surface area contributed by atoms with Crippen molar-refractivity contribution in [3.05, 3.63) is 72.2 Å². The Morgan fingerprint density at radius 3 is 2.53 bits per heavy atom. The highest BCUT2D eigenvalue weighted by atomic mass is 32.2. The van der Waals surface area contributed by atoms with Crippen molar-refractivity contribution >= 4 is 15.9 Å². The Labute approximate surface area is 186 Å². The minimum absolute atomic E-state index is 0.151. The van der Waals surface area contributed by atoms with Gasteiger partial charge in [0.2, 0.25) is 15.9 Å².